The Kier molecular flexibility index (Phi) is 6.91. The molecule has 8 heteroatoms. The van der Waals surface area contributed by atoms with E-state index in [1.807, 2.05) is 12.1 Å². The van der Waals surface area contributed by atoms with Crippen LogP contribution in [0.2, 0.25) is 10.0 Å². The van der Waals surface area contributed by atoms with Crippen molar-refractivity contribution in [2.24, 2.45) is 23.7 Å². The highest BCUT2D eigenvalue weighted by atomic mass is 35.5. The number of nitrogens with zero attached hydrogens (tertiary/aromatic N) is 1. The standard InChI is InChI=1S/C30H30Cl2N2O3S/c31-24-8-11-27(32)28(17-24)34(38(36,37)26-4-2-1-3-5-26)18-29(35)33-25-9-6-21(7-10-25)30-22-13-19-12-20(15-22)16-23(30)14-19/h1-11,17,19-20,22-23,30H,12-16,18H2,(H,33,35). The summed E-state index contributed by atoms with van der Waals surface area (Å²) in [7, 11) is -4.08. The summed E-state index contributed by atoms with van der Waals surface area (Å²) in [6.45, 7) is -0.450. The van der Waals surface area contributed by atoms with Crippen molar-refractivity contribution >= 4 is 50.5 Å². The third-order valence-corrected chi connectivity index (χ3v) is 10.9. The molecule has 4 bridgehead atoms. The fourth-order valence-electron chi connectivity index (χ4n) is 7.29. The SMILES string of the molecule is O=C(CN(c1cc(Cl)ccc1Cl)S(=O)(=O)c1ccccc1)Nc1ccc(C2C3CC4CC(C3)CC2C4)cc1. The molecule has 4 aliphatic carbocycles. The van der Waals surface area contributed by atoms with Gasteiger partial charge in [0.05, 0.1) is 15.6 Å². The van der Waals surface area contributed by atoms with Crippen LogP contribution < -0.4 is 9.62 Å². The molecule has 0 aliphatic heterocycles. The van der Waals surface area contributed by atoms with E-state index in [2.05, 4.69) is 17.4 Å². The molecule has 38 heavy (non-hydrogen) atoms. The first-order chi connectivity index (χ1) is 18.3. The number of amides is 1. The molecule has 1 N–H and O–H groups in total. The Balaban J connectivity index is 1.21. The third-order valence-electron chi connectivity index (χ3n) is 8.60. The van der Waals surface area contributed by atoms with E-state index in [1.165, 1.54) is 61.9 Å². The van der Waals surface area contributed by atoms with E-state index in [1.54, 1.807) is 24.3 Å². The van der Waals surface area contributed by atoms with Crippen LogP contribution in [0, 0.1) is 23.7 Å². The summed E-state index contributed by atoms with van der Waals surface area (Å²) in [5.74, 6) is 3.56. The normalized spacial score (nSPS) is 25.8. The van der Waals surface area contributed by atoms with Gasteiger partial charge >= 0.3 is 0 Å². The lowest BCUT2D eigenvalue weighted by Crippen LogP contribution is -2.43. The molecular formula is C30H30Cl2N2O3S. The summed E-state index contributed by atoms with van der Waals surface area (Å²) in [6.07, 6.45) is 6.85. The van der Waals surface area contributed by atoms with Gasteiger partial charge in [-0.1, -0.05) is 53.5 Å². The van der Waals surface area contributed by atoms with Gasteiger partial charge in [-0.25, -0.2) is 8.42 Å². The van der Waals surface area contributed by atoms with Crippen LogP contribution in [0.5, 0.6) is 0 Å². The molecular weight excluding hydrogens is 539 g/mol. The summed E-state index contributed by atoms with van der Waals surface area (Å²) in [6, 6.07) is 20.7. The smallest absolute Gasteiger partial charge is 0.264 e. The largest absolute Gasteiger partial charge is 0.325 e. The molecule has 0 atom stereocenters. The Labute approximate surface area is 234 Å². The van der Waals surface area contributed by atoms with E-state index in [0.29, 0.717) is 16.6 Å². The number of hydrogen-bond donors (Lipinski definition) is 1. The number of sulfonamides is 1. The highest BCUT2D eigenvalue weighted by Gasteiger charge is 2.48. The highest BCUT2D eigenvalue weighted by molar-refractivity contribution is 7.92. The van der Waals surface area contributed by atoms with E-state index in [9.17, 15) is 13.2 Å². The van der Waals surface area contributed by atoms with Crippen LogP contribution in [0.25, 0.3) is 0 Å². The minimum Gasteiger partial charge on any atom is -0.325 e. The van der Waals surface area contributed by atoms with E-state index >= 15 is 0 Å². The second-order valence-corrected chi connectivity index (χ2v) is 13.8. The molecule has 3 aromatic carbocycles. The summed E-state index contributed by atoms with van der Waals surface area (Å²) in [5, 5.41) is 3.37. The van der Waals surface area contributed by atoms with Crippen molar-refractivity contribution in [3.05, 3.63) is 88.4 Å². The van der Waals surface area contributed by atoms with Gasteiger partial charge in [0, 0.05) is 10.7 Å². The Morgan fingerprint density at radius 3 is 2.11 bits per heavy atom. The Bertz CT molecular complexity index is 1420. The second kappa shape index (κ2) is 10.2. The summed E-state index contributed by atoms with van der Waals surface area (Å²) >= 11 is 12.5. The first-order valence-corrected chi connectivity index (χ1v) is 15.4. The molecule has 4 saturated carbocycles. The minimum atomic E-state index is -4.08. The van der Waals surface area contributed by atoms with Crippen LogP contribution in [0.15, 0.2) is 77.7 Å². The molecule has 0 unspecified atom stereocenters. The Morgan fingerprint density at radius 2 is 1.47 bits per heavy atom. The summed E-state index contributed by atoms with van der Waals surface area (Å²) < 4.78 is 28.1. The van der Waals surface area contributed by atoms with E-state index in [4.69, 9.17) is 23.2 Å². The van der Waals surface area contributed by atoms with Gasteiger partial charge in [-0.3, -0.25) is 9.10 Å². The lowest BCUT2D eigenvalue weighted by molar-refractivity contribution is -0.114. The predicted octanol–water partition coefficient (Wildman–Crippen LogP) is 7.37. The maximum Gasteiger partial charge on any atom is 0.264 e. The number of anilines is 2. The quantitative estimate of drug-likeness (QED) is 0.323. The molecule has 7 rings (SSSR count). The van der Waals surface area contributed by atoms with Crippen LogP contribution in [0.4, 0.5) is 11.4 Å². The Morgan fingerprint density at radius 1 is 0.842 bits per heavy atom. The van der Waals surface area contributed by atoms with Gasteiger partial charge in [0.2, 0.25) is 5.91 Å². The third kappa shape index (κ3) is 4.94. The van der Waals surface area contributed by atoms with Gasteiger partial charge in [-0.15, -0.1) is 0 Å². The summed E-state index contributed by atoms with van der Waals surface area (Å²) in [4.78, 5) is 13.2. The van der Waals surface area contributed by atoms with Crippen molar-refractivity contribution < 1.29 is 13.2 Å². The molecule has 4 aliphatic rings. The van der Waals surface area contributed by atoms with Crippen molar-refractivity contribution in [1.29, 1.82) is 0 Å². The fraction of sp³-hybridized carbons (Fsp3) is 0.367. The number of nitrogens with one attached hydrogen (secondary N) is 1. The van der Waals surface area contributed by atoms with Crippen LogP contribution in [-0.2, 0) is 14.8 Å². The van der Waals surface area contributed by atoms with Gasteiger partial charge in [0.25, 0.3) is 10.0 Å². The monoisotopic (exact) mass is 568 g/mol. The van der Waals surface area contributed by atoms with Crippen molar-refractivity contribution in [3.8, 4) is 0 Å². The van der Waals surface area contributed by atoms with Crippen molar-refractivity contribution in [2.45, 2.75) is 42.9 Å². The lowest BCUT2D eigenvalue weighted by Gasteiger charge is -2.54. The van der Waals surface area contributed by atoms with Crippen LogP contribution in [0.1, 0.15) is 43.6 Å². The first kappa shape index (κ1) is 25.7. The predicted molar refractivity (Wildman–Crippen MR) is 152 cm³/mol. The molecule has 3 aromatic rings. The zero-order valence-electron chi connectivity index (χ0n) is 20.9. The van der Waals surface area contributed by atoms with Crippen molar-refractivity contribution in [2.75, 3.05) is 16.2 Å². The molecule has 4 fully saturated rings. The molecule has 198 valence electrons. The van der Waals surface area contributed by atoms with Crippen molar-refractivity contribution in [3.63, 3.8) is 0 Å². The van der Waals surface area contributed by atoms with Gasteiger partial charge in [-0.05, 0) is 110 Å². The molecule has 0 heterocycles. The van der Waals surface area contributed by atoms with Crippen LogP contribution in [-0.4, -0.2) is 20.9 Å². The van der Waals surface area contributed by atoms with E-state index in [0.717, 1.165) is 28.0 Å². The number of hydrogen-bond acceptors (Lipinski definition) is 3. The number of benzene rings is 3. The maximum atomic E-state index is 13.6. The zero-order chi connectivity index (χ0) is 26.4. The topological polar surface area (TPSA) is 66.5 Å². The average molecular weight is 570 g/mol. The zero-order valence-corrected chi connectivity index (χ0v) is 23.2. The first-order valence-electron chi connectivity index (χ1n) is 13.2. The number of halogens is 2. The van der Waals surface area contributed by atoms with Gasteiger partial charge in [-0.2, -0.15) is 0 Å². The van der Waals surface area contributed by atoms with Gasteiger partial charge < -0.3 is 5.32 Å². The van der Waals surface area contributed by atoms with Crippen LogP contribution >= 0.6 is 23.2 Å². The average Bonchev–Trinajstić information content (AvgIpc) is 2.89. The summed E-state index contributed by atoms with van der Waals surface area (Å²) in [5.41, 5.74) is 2.14. The Hall–Kier alpha value is -2.54. The molecule has 1 amide bonds. The van der Waals surface area contributed by atoms with E-state index < -0.39 is 22.5 Å². The molecule has 0 aromatic heterocycles. The molecule has 0 spiro atoms. The second-order valence-electron chi connectivity index (χ2n) is 11.0. The van der Waals surface area contributed by atoms with Gasteiger partial charge in [0.1, 0.15) is 6.54 Å². The van der Waals surface area contributed by atoms with Gasteiger partial charge in [0.15, 0.2) is 0 Å². The lowest BCUT2D eigenvalue weighted by atomic mass is 9.51. The number of rotatable bonds is 7. The maximum absolute atomic E-state index is 13.6. The number of carbonyl (C=O) groups excluding carboxylic acids is 1. The van der Waals surface area contributed by atoms with Crippen LogP contribution in [0.3, 0.4) is 0 Å². The number of carbonyl (C=O) groups is 1. The van der Waals surface area contributed by atoms with E-state index in [-0.39, 0.29) is 15.6 Å². The molecule has 5 nitrogen and oxygen atoms in total. The fourth-order valence-corrected chi connectivity index (χ4v) is 9.17. The molecule has 0 radical (unpaired) electrons. The highest BCUT2D eigenvalue weighted by Crippen LogP contribution is 2.59. The minimum absolute atomic E-state index is 0.0591. The molecule has 0 saturated heterocycles. The van der Waals surface area contributed by atoms with Crippen molar-refractivity contribution in [1.82, 2.24) is 0 Å².